The minimum Gasteiger partial charge on any atom is -0.493 e. The van der Waals surface area contributed by atoms with E-state index >= 15 is 0 Å². The van der Waals surface area contributed by atoms with Gasteiger partial charge in [0.05, 0.1) is 25.9 Å². The van der Waals surface area contributed by atoms with Crippen molar-refractivity contribution in [2.75, 3.05) is 33.4 Å². The summed E-state index contributed by atoms with van der Waals surface area (Å²) in [5.41, 5.74) is 1.33. The third kappa shape index (κ3) is 2.70. The summed E-state index contributed by atoms with van der Waals surface area (Å²) in [6.07, 6.45) is 1.41. The first-order chi connectivity index (χ1) is 10.2. The molecular formula is C15H15ClN2O3. The molecule has 3 rings (SSSR count). The second kappa shape index (κ2) is 5.94. The number of hydrogen-bond donors (Lipinski definition) is 0. The van der Waals surface area contributed by atoms with Gasteiger partial charge in [0.25, 0.3) is 0 Å². The predicted octanol–water partition coefficient (Wildman–Crippen LogP) is 2.31. The molecule has 0 radical (unpaired) electrons. The molecule has 1 fully saturated rings. The van der Waals surface area contributed by atoms with Crippen molar-refractivity contribution in [2.24, 2.45) is 0 Å². The van der Waals surface area contributed by atoms with E-state index in [2.05, 4.69) is 11.0 Å². The van der Waals surface area contributed by atoms with Crippen molar-refractivity contribution in [2.45, 2.75) is 6.23 Å². The lowest BCUT2D eigenvalue weighted by Gasteiger charge is -2.36. The van der Waals surface area contributed by atoms with Crippen LogP contribution in [0.15, 0.2) is 17.7 Å². The van der Waals surface area contributed by atoms with Gasteiger partial charge in [-0.05, 0) is 12.1 Å². The summed E-state index contributed by atoms with van der Waals surface area (Å²) in [7, 11) is 1.57. The van der Waals surface area contributed by atoms with E-state index in [0.717, 1.165) is 18.7 Å². The summed E-state index contributed by atoms with van der Waals surface area (Å²) in [5, 5.41) is 9.94. The highest BCUT2D eigenvalue weighted by Gasteiger charge is 2.31. The van der Waals surface area contributed by atoms with E-state index in [1.54, 1.807) is 19.2 Å². The zero-order valence-corrected chi connectivity index (χ0v) is 12.4. The maximum absolute atomic E-state index is 9.39. The van der Waals surface area contributed by atoms with Crippen molar-refractivity contribution in [3.05, 3.63) is 28.3 Å². The number of morpholine rings is 1. The molecule has 2 heterocycles. The van der Waals surface area contributed by atoms with Gasteiger partial charge in [0, 0.05) is 29.7 Å². The molecule has 1 atom stereocenters. The van der Waals surface area contributed by atoms with E-state index in [1.807, 2.05) is 6.08 Å². The Hall–Kier alpha value is -1.74. The SMILES string of the molecule is COc1cc(Cl)cc2c1OC(N1CCOCC1)C(C#N)=C2. The van der Waals surface area contributed by atoms with Crippen LogP contribution in [0.25, 0.3) is 6.08 Å². The van der Waals surface area contributed by atoms with Crippen LogP contribution in [0.2, 0.25) is 5.02 Å². The summed E-state index contributed by atoms with van der Waals surface area (Å²) in [5.74, 6) is 1.20. The molecule has 2 aliphatic rings. The lowest BCUT2D eigenvalue weighted by Crippen LogP contribution is -2.47. The molecule has 1 unspecified atom stereocenters. The molecule has 6 heteroatoms. The fraction of sp³-hybridized carbons (Fsp3) is 0.400. The molecule has 21 heavy (non-hydrogen) atoms. The van der Waals surface area contributed by atoms with E-state index in [9.17, 15) is 5.26 Å². The van der Waals surface area contributed by atoms with E-state index in [-0.39, 0.29) is 0 Å². The number of ether oxygens (including phenoxy) is 3. The van der Waals surface area contributed by atoms with Crippen LogP contribution in [0.5, 0.6) is 11.5 Å². The molecule has 0 aromatic heterocycles. The molecule has 0 N–H and O–H groups in total. The Labute approximate surface area is 128 Å². The zero-order chi connectivity index (χ0) is 14.8. The lowest BCUT2D eigenvalue weighted by molar-refractivity contribution is -0.0296. The minimum absolute atomic E-state index is 0.401. The molecule has 1 saturated heterocycles. The van der Waals surface area contributed by atoms with Gasteiger partial charge in [-0.3, -0.25) is 4.90 Å². The van der Waals surface area contributed by atoms with E-state index < -0.39 is 6.23 Å². The first kappa shape index (κ1) is 14.2. The van der Waals surface area contributed by atoms with Crippen LogP contribution >= 0.6 is 11.6 Å². The van der Waals surface area contributed by atoms with Gasteiger partial charge in [-0.2, -0.15) is 5.26 Å². The molecule has 110 valence electrons. The molecule has 0 spiro atoms. The highest BCUT2D eigenvalue weighted by atomic mass is 35.5. The van der Waals surface area contributed by atoms with Gasteiger partial charge in [-0.1, -0.05) is 11.6 Å². The molecule has 0 saturated carbocycles. The van der Waals surface area contributed by atoms with Crippen LogP contribution < -0.4 is 9.47 Å². The van der Waals surface area contributed by atoms with Gasteiger partial charge in [0.1, 0.15) is 6.07 Å². The van der Waals surface area contributed by atoms with Gasteiger partial charge in [0.2, 0.25) is 0 Å². The summed E-state index contributed by atoms with van der Waals surface area (Å²) in [6, 6.07) is 5.70. The maximum atomic E-state index is 9.39. The van der Waals surface area contributed by atoms with Crippen LogP contribution in [-0.4, -0.2) is 44.5 Å². The third-order valence-corrected chi connectivity index (χ3v) is 3.80. The predicted molar refractivity (Wildman–Crippen MR) is 78.4 cm³/mol. The van der Waals surface area contributed by atoms with Crippen molar-refractivity contribution in [3.63, 3.8) is 0 Å². The van der Waals surface area contributed by atoms with Gasteiger partial charge in [-0.15, -0.1) is 0 Å². The maximum Gasteiger partial charge on any atom is 0.189 e. The summed E-state index contributed by atoms with van der Waals surface area (Å²) < 4.78 is 16.7. The largest absolute Gasteiger partial charge is 0.493 e. The Morgan fingerprint density at radius 2 is 2.14 bits per heavy atom. The molecule has 0 bridgehead atoms. The Bertz CT molecular complexity index is 618. The number of methoxy groups -OCH3 is 1. The highest BCUT2D eigenvalue weighted by molar-refractivity contribution is 6.31. The first-order valence-corrected chi connectivity index (χ1v) is 7.08. The topological polar surface area (TPSA) is 54.7 Å². The first-order valence-electron chi connectivity index (χ1n) is 6.70. The number of benzene rings is 1. The molecule has 1 aromatic rings. The fourth-order valence-electron chi connectivity index (χ4n) is 2.56. The molecule has 0 aliphatic carbocycles. The average molecular weight is 307 g/mol. The summed E-state index contributed by atoms with van der Waals surface area (Å²) >= 11 is 6.06. The number of hydrogen-bond acceptors (Lipinski definition) is 5. The number of rotatable bonds is 2. The van der Waals surface area contributed by atoms with Gasteiger partial charge in [0.15, 0.2) is 17.7 Å². The van der Waals surface area contributed by atoms with E-state index in [1.165, 1.54) is 0 Å². The molecular weight excluding hydrogens is 292 g/mol. The van der Waals surface area contributed by atoms with Crippen molar-refractivity contribution in [1.29, 1.82) is 5.26 Å². The van der Waals surface area contributed by atoms with Crippen LogP contribution in [0.4, 0.5) is 0 Å². The highest BCUT2D eigenvalue weighted by Crippen LogP contribution is 2.40. The average Bonchev–Trinajstić information content (AvgIpc) is 2.53. The Balaban J connectivity index is 2.00. The van der Waals surface area contributed by atoms with E-state index in [4.69, 9.17) is 25.8 Å². The van der Waals surface area contributed by atoms with Crippen molar-refractivity contribution < 1.29 is 14.2 Å². The summed E-state index contributed by atoms with van der Waals surface area (Å²) in [6.45, 7) is 2.75. The van der Waals surface area contributed by atoms with Crippen LogP contribution in [0.1, 0.15) is 5.56 Å². The second-order valence-electron chi connectivity index (χ2n) is 4.86. The number of nitriles is 1. The number of halogens is 1. The van der Waals surface area contributed by atoms with Crippen LogP contribution in [0, 0.1) is 11.3 Å². The zero-order valence-electron chi connectivity index (χ0n) is 11.6. The monoisotopic (exact) mass is 306 g/mol. The quantitative estimate of drug-likeness (QED) is 0.839. The number of fused-ring (bicyclic) bond motifs is 1. The Kier molecular flexibility index (Phi) is 4.02. The Morgan fingerprint density at radius 1 is 1.38 bits per heavy atom. The van der Waals surface area contributed by atoms with Crippen molar-refractivity contribution in [3.8, 4) is 17.6 Å². The third-order valence-electron chi connectivity index (χ3n) is 3.58. The standard InChI is InChI=1S/C15H15ClN2O3/c1-19-13-8-12(16)7-10-6-11(9-17)15(21-14(10)13)18-2-4-20-5-3-18/h6-8,15H,2-5H2,1H3. The van der Waals surface area contributed by atoms with E-state index in [0.29, 0.717) is 35.3 Å². The number of nitrogens with zero attached hydrogens (tertiary/aromatic N) is 2. The smallest absolute Gasteiger partial charge is 0.189 e. The normalized spacial score (nSPS) is 21.8. The van der Waals surface area contributed by atoms with Gasteiger partial charge in [-0.25, -0.2) is 0 Å². The summed E-state index contributed by atoms with van der Waals surface area (Å²) in [4.78, 5) is 2.09. The van der Waals surface area contributed by atoms with Gasteiger partial charge < -0.3 is 14.2 Å². The fourth-order valence-corrected chi connectivity index (χ4v) is 2.78. The second-order valence-corrected chi connectivity index (χ2v) is 5.29. The van der Waals surface area contributed by atoms with Crippen LogP contribution in [0.3, 0.4) is 0 Å². The Morgan fingerprint density at radius 3 is 2.81 bits per heavy atom. The van der Waals surface area contributed by atoms with Crippen molar-refractivity contribution >= 4 is 17.7 Å². The molecule has 2 aliphatic heterocycles. The molecule has 5 nitrogen and oxygen atoms in total. The minimum atomic E-state index is -0.401. The lowest BCUT2D eigenvalue weighted by atomic mass is 10.0. The molecule has 0 amide bonds. The van der Waals surface area contributed by atoms with Crippen LogP contribution in [-0.2, 0) is 4.74 Å². The van der Waals surface area contributed by atoms with Crippen molar-refractivity contribution in [1.82, 2.24) is 4.90 Å². The van der Waals surface area contributed by atoms with Gasteiger partial charge >= 0.3 is 0 Å². The molecule has 1 aromatic carbocycles.